The number of hydrogen-bond acceptors (Lipinski definition) is 4. The van der Waals surface area contributed by atoms with E-state index in [0.717, 1.165) is 47.5 Å². The summed E-state index contributed by atoms with van der Waals surface area (Å²) in [4.78, 5) is 29.3. The van der Waals surface area contributed by atoms with Gasteiger partial charge in [-0.3, -0.25) is 13.9 Å². The molecule has 3 aromatic rings. The van der Waals surface area contributed by atoms with Gasteiger partial charge in [0, 0.05) is 17.6 Å². The van der Waals surface area contributed by atoms with Gasteiger partial charge in [-0.25, -0.2) is 8.42 Å². The number of nitrogens with zero attached hydrogens (tertiary/aromatic N) is 2. The van der Waals surface area contributed by atoms with E-state index < -0.39 is 28.5 Å². The first-order chi connectivity index (χ1) is 20.5. The average molecular weight is 665 g/mol. The lowest BCUT2D eigenvalue weighted by molar-refractivity contribution is -0.140. The molecular weight excluding hydrogens is 629 g/mol. The maximum Gasteiger partial charge on any atom is 0.264 e. The van der Waals surface area contributed by atoms with Crippen molar-refractivity contribution in [1.82, 2.24) is 10.2 Å². The Morgan fingerprint density at radius 1 is 0.907 bits per heavy atom. The van der Waals surface area contributed by atoms with Gasteiger partial charge in [0.25, 0.3) is 10.0 Å². The van der Waals surface area contributed by atoms with Crippen LogP contribution in [0.2, 0.25) is 15.1 Å². The molecule has 0 radical (unpaired) electrons. The third kappa shape index (κ3) is 8.44. The lowest BCUT2D eigenvalue weighted by atomic mass is 9.95. The van der Waals surface area contributed by atoms with Crippen LogP contribution in [0.15, 0.2) is 71.6 Å². The van der Waals surface area contributed by atoms with Gasteiger partial charge in [0.15, 0.2) is 0 Å². The first-order valence-electron chi connectivity index (χ1n) is 14.4. The van der Waals surface area contributed by atoms with Gasteiger partial charge in [-0.1, -0.05) is 90.8 Å². The van der Waals surface area contributed by atoms with Crippen LogP contribution in [0.5, 0.6) is 0 Å². The predicted octanol–water partition coefficient (Wildman–Crippen LogP) is 7.41. The molecule has 7 nitrogen and oxygen atoms in total. The number of rotatable bonds is 11. The Morgan fingerprint density at radius 2 is 1.56 bits per heavy atom. The van der Waals surface area contributed by atoms with Gasteiger partial charge in [-0.2, -0.15) is 0 Å². The zero-order valence-electron chi connectivity index (χ0n) is 24.2. The normalized spacial score (nSPS) is 14.6. The third-order valence-electron chi connectivity index (χ3n) is 7.68. The lowest BCUT2D eigenvalue weighted by Gasteiger charge is -2.34. The predicted molar refractivity (Wildman–Crippen MR) is 173 cm³/mol. The van der Waals surface area contributed by atoms with Crippen LogP contribution in [0, 0.1) is 6.92 Å². The van der Waals surface area contributed by atoms with Gasteiger partial charge >= 0.3 is 0 Å². The molecular formula is C32H36Cl3N3O4S. The number of benzene rings is 3. The Morgan fingerprint density at radius 3 is 2.16 bits per heavy atom. The summed E-state index contributed by atoms with van der Waals surface area (Å²) in [5.74, 6) is -0.790. The van der Waals surface area contributed by atoms with Crippen molar-refractivity contribution < 1.29 is 18.0 Å². The maximum atomic E-state index is 14.2. The van der Waals surface area contributed by atoms with E-state index in [2.05, 4.69) is 5.32 Å². The first kappa shape index (κ1) is 33.1. The van der Waals surface area contributed by atoms with Crippen LogP contribution >= 0.6 is 34.8 Å². The van der Waals surface area contributed by atoms with Gasteiger partial charge in [-0.15, -0.1) is 0 Å². The van der Waals surface area contributed by atoms with Gasteiger partial charge in [0.1, 0.15) is 12.6 Å². The van der Waals surface area contributed by atoms with E-state index in [-0.39, 0.29) is 39.1 Å². The largest absolute Gasteiger partial charge is 0.352 e. The Balaban J connectivity index is 1.72. The molecule has 1 saturated carbocycles. The van der Waals surface area contributed by atoms with Crippen molar-refractivity contribution in [2.45, 2.75) is 75.9 Å². The zero-order chi connectivity index (χ0) is 31.1. The summed E-state index contributed by atoms with van der Waals surface area (Å²) in [6.07, 6.45) is 5.37. The summed E-state index contributed by atoms with van der Waals surface area (Å²) in [5, 5.41) is 4.08. The highest BCUT2D eigenvalue weighted by Gasteiger charge is 2.34. The number of carbonyl (C=O) groups excluding carboxylic acids is 2. The highest BCUT2D eigenvalue weighted by Crippen LogP contribution is 2.31. The Kier molecular flexibility index (Phi) is 11.4. The van der Waals surface area contributed by atoms with Gasteiger partial charge in [-0.05, 0) is 74.2 Å². The van der Waals surface area contributed by atoms with Crippen molar-refractivity contribution in [2.24, 2.45) is 0 Å². The summed E-state index contributed by atoms with van der Waals surface area (Å²) < 4.78 is 29.0. The molecule has 0 aliphatic heterocycles. The molecule has 43 heavy (non-hydrogen) atoms. The number of hydrogen-bond donors (Lipinski definition) is 1. The van der Waals surface area contributed by atoms with Crippen LogP contribution in [0.3, 0.4) is 0 Å². The summed E-state index contributed by atoms with van der Waals surface area (Å²) >= 11 is 18.5. The number of sulfonamides is 1. The fourth-order valence-electron chi connectivity index (χ4n) is 5.26. The summed E-state index contributed by atoms with van der Waals surface area (Å²) in [7, 11) is -4.22. The van der Waals surface area contributed by atoms with E-state index in [0.29, 0.717) is 11.4 Å². The van der Waals surface area contributed by atoms with E-state index in [9.17, 15) is 18.0 Å². The molecule has 0 spiro atoms. The molecule has 2 amide bonds. The van der Waals surface area contributed by atoms with Crippen LogP contribution in [-0.2, 0) is 26.2 Å². The molecule has 1 unspecified atom stereocenters. The van der Waals surface area contributed by atoms with Gasteiger partial charge < -0.3 is 10.2 Å². The van der Waals surface area contributed by atoms with E-state index in [1.165, 1.54) is 35.2 Å². The molecule has 230 valence electrons. The number of anilines is 1. The highest BCUT2D eigenvalue weighted by atomic mass is 35.5. The molecule has 1 N–H and O–H groups in total. The number of halogens is 3. The zero-order valence-corrected chi connectivity index (χ0v) is 27.3. The highest BCUT2D eigenvalue weighted by molar-refractivity contribution is 7.92. The fourth-order valence-corrected chi connectivity index (χ4v) is 7.08. The van der Waals surface area contributed by atoms with E-state index in [4.69, 9.17) is 34.8 Å². The first-order valence-corrected chi connectivity index (χ1v) is 17.0. The molecule has 1 aliphatic carbocycles. The van der Waals surface area contributed by atoms with E-state index in [1.807, 2.05) is 13.8 Å². The number of aryl methyl sites for hydroxylation is 1. The van der Waals surface area contributed by atoms with Crippen molar-refractivity contribution >= 4 is 62.3 Å². The second-order valence-electron chi connectivity index (χ2n) is 10.8. The van der Waals surface area contributed by atoms with Crippen molar-refractivity contribution in [3.63, 3.8) is 0 Å². The molecule has 11 heteroatoms. The van der Waals surface area contributed by atoms with E-state index in [1.54, 1.807) is 36.4 Å². The molecule has 0 saturated heterocycles. The minimum atomic E-state index is -4.22. The topological polar surface area (TPSA) is 86.8 Å². The van der Waals surface area contributed by atoms with Crippen LogP contribution in [-0.4, -0.2) is 43.8 Å². The second kappa shape index (κ2) is 14.8. The van der Waals surface area contributed by atoms with Crippen LogP contribution in [0.4, 0.5) is 5.69 Å². The van der Waals surface area contributed by atoms with E-state index >= 15 is 0 Å². The minimum Gasteiger partial charge on any atom is -0.352 e. The number of amides is 2. The smallest absolute Gasteiger partial charge is 0.264 e. The molecule has 0 aromatic heterocycles. The molecule has 3 aromatic carbocycles. The lowest BCUT2D eigenvalue weighted by Crippen LogP contribution is -2.54. The summed E-state index contributed by atoms with van der Waals surface area (Å²) in [6, 6.07) is 17.0. The monoisotopic (exact) mass is 663 g/mol. The van der Waals surface area contributed by atoms with Crippen molar-refractivity contribution in [1.29, 1.82) is 0 Å². The minimum absolute atomic E-state index is 0.0170. The number of carbonyl (C=O) groups is 2. The SMILES string of the molecule is CCC(C(=O)NC1CCCCC1)N(Cc1ccc(Cl)cc1)C(=O)CN(c1ccc(Cl)c(Cl)c1)S(=O)(=O)c1ccc(C)cc1. The standard InChI is InChI=1S/C32H36Cl3N3O4S/c1-3-30(32(40)36-25-7-5-4-6-8-25)37(20-23-11-13-24(33)14-12-23)31(39)21-38(26-15-18-28(34)29(35)19-26)43(41,42)27-16-9-22(2)10-17-27/h9-19,25,30H,3-8,20-21H2,1-2H3,(H,36,40). The molecule has 1 atom stereocenters. The molecule has 0 heterocycles. The quantitative estimate of drug-likeness (QED) is 0.231. The molecule has 0 bridgehead atoms. The molecule has 4 rings (SSSR count). The molecule has 1 fully saturated rings. The van der Waals surface area contributed by atoms with Crippen molar-refractivity contribution in [2.75, 3.05) is 10.8 Å². The Labute approximate surface area is 269 Å². The van der Waals surface area contributed by atoms with Gasteiger partial charge in [0.2, 0.25) is 11.8 Å². The average Bonchev–Trinajstić information content (AvgIpc) is 2.99. The Bertz CT molecular complexity index is 1530. The summed E-state index contributed by atoms with van der Waals surface area (Å²) in [5.41, 5.74) is 1.82. The van der Waals surface area contributed by atoms with Gasteiger partial charge in [0.05, 0.1) is 20.6 Å². The molecule has 1 aliphatic rings. The van der Waals surface area contributed by atoms with Crippen LogP contribution in [0.1, 0.15) is 56.6 Å². The summed E-state index contributed by atoms with van der Waals surface area (Å²) in [6.45, 7) is 3.23. The van der Waals surface area contributed by atoms with Crippen molar-refractivity contribution in [3.05, 3.63) is 92.9 Å². The Hall–Kier alpha value is -2.78. The van der Waals surface area contributed by atoms with Crippen LogP contribution < -0.4 is 9.62 Å². The third-order valence-corrected chi connectivity index (χ3v) is 10.5. The maximum absolute atomic E-state index is 14.2. The second-order valence-corrected chi connectivity index (χ2v) is 14.0. The number of nitrogens with one attached hydrogen (secondary N) is 1. The van der Waals surface area contributed by atoms with Crippen LogP contribution in [0.25, 0.3) is 0 Å². The van der Waals surface area contributed by atoms with Crippen molar-refractivity contribution in [3.8, 4) is 0 Å². The fraction of sp³-hybridized carbons (Fsp3) is 0.375.